The molecule has 0 bridgehead atoms. The number of carbonyl (C=O) groups is 1. The predicted molar refractivity (Wildman–Crippen MR) is 169 cm³/mol. The number of unbranched alkanes of at least 4 members (excludes halogenated alkanes) is 2. The largest absolute Gasteiger partial charge is 0.393 e. The van der Waals surface area contributed by atoms with Crippen molar-refractivity contribution >= 4 is 5.91 Å². The van der Waals surface area contributed by atoms with Crippen LogP contribution in [0.3, 0.4) is 0 Å². The lowest BCUT2D eigenvalue weighted by Gasteiger charge is -2.54. The number of aliphatic hydroxyl groups is 1. The van der Waals surface area contributed by atoms with E-state index < -0.39 is 0 Å². The van der Waals surface area contributed by atoms with Crippen LogP contribution in [-0.4, -0.2) is 66.4 Å². The summed E-state index contributed by atoms with van der Waals surface area (Å²) in [6.07, 6.45) is 15.7. The third-order valence-electron chi connectivity index (χ3n) is 13.0. The Kier molecular flexibility index (Phi) is 9.28. The number of hydrogen-bond donors (Lipinski definition) is 3. The van der Waals surface area contributed by atoms with E-state index in [1.165, 1.54) is 25.7 Å². The molecule has 42 heavy (non-hydrogen) atoms. The summed E-state index contributed by atoms with van der Waals surface area (Å²) in [6.45, 7) is 13.3. The average molecular weight is 582 g/mol. The molecule has 2 heterocycles. The zero-order valence-corrected chi connectivity index (χ0v) is 27.0. The Balaban J connectivity index is 1.17. The number of amides is 1. The van der Waals surface area contributed by atoms with Crippen LogP contribution in [0, 0.1) is 40.9 Å². The van der Waals surface area contributed by atoms with E-state index in [0.717, 1.165) is 76.4 Å². The van der Waals surface area contributed by atoms with E-state index in [0.29, 0.717) is 54.9 Å². The number of nitrogens with one attached hydrogen (secondary N) is 1. The molecule has 6 rings (SSSR count). The number of carbonyl (C=O) groups excluding carboxylic acids is 1. The smallest absolute Gasteiger partial charge is 0.220 e. The molecule has 6 heteroatoms. The van der Waals surface area contributed by atoms with Gasteiger partial charge in [-0.2, -0.15) is 0 Å². The quantitative estimate of drug-likeness (QED) is 0.257. The van der Waals surface area contributed by atoms with Crippen molar-refractivity contribution in [2.75, 3.05) is 26.2 Å². The Hall–Kier alpha value is -1.21. The molecule has 11 atom stereocenters. The van der Waals surface area contributed by atoms with Crippen molar-refractivity contribution in [3.63, 3.8) is 0 Å². The van der Waals surface area contributed by atoms with Gasteiger partial charge in [-0.1, -0.05) is 50.0 Å². The molecule has 236 valence electrons. The predicted octanol–water partition coefficient (Wildman–Crippen LogP) is 5.60. The van der Waals surface area contributed by atoms with Crippen molar-refractivity contribution in [2.45, 2.75) is 129 Å². The van der Waals surface area contributed by atoms with Gasteiger partial charge in [0.1, 0.15) is 0 Å². The molecule has 4 N–H and O–H groups in total. The highest BCUT2D eigenvalue weighted by Gasteiger charge is 2.56. The van der Waals surface area contributed by atoms with Crippen molar-refractivity contribution in [1.29, 1.82) is 0 Å². The van der Waals surface area contributed by atoms with Gasteiger partial charge in [0, 0.05) is 38.0 Å². The lowest BCUT2D eigenvalue weighted by Crippen LogP contribution is -2.62. The summed E-state index contributed by atoms with van der Waals surface area (Å²) in [5, 5.41) is 13.6. The van der Waals surface area contributed by atoms with E-state index in [1.807, 2.05) is 0 Å². The van der Waals surface area contributed by atoms with Gasteiger partial charge in [-0.25, -0.2) is 0 Å². The molecule has 6 nitrogen and oxygen atoms in total. The molecule has 2 aliphatic heterocycles. The third kappa shape index (κ3) is 5.68. The first-order valence-corrected chi connectivity index (χ1v) is 17.6. The topological polar surface area (TPSA) is 87.8 Å². The highest BCUT2D eigenvalue weighted by Crippen LogP contribution is 2.63. The number of ether oxygens (including phenoxy) is 1. The van der Waals surface area contributed by atoms with Crippen LogP contribution in [0.2, 0.25) is 0 Å². The molecule has 4 fully saturated rings. The summed E-state index contributed by atoms with van der Waals surface area (Å²) in [4.78, 5) is 15.1. The maximum atomic E-state index is 12.5. The lowest BCUT2D eigenvalue weighted by atomic mass is 9.56. The van der Waals surface area contributed by atoms with Gasteiger partial charge in [-0.05, 0) is 113 Å². The van der Waals surface area contributed by atoms with Gasteiger partial charge in [0.25, 0.3) is 0 Å². The van der Waals surface area contributed by atoms with Gasteiger partial charge in [0.15, 0.2) is 0 Å². The number of nitrogens with zero attached hydrogens (tertiary/aromatic N) is 1. The molecule has 0 aromatic rings. The molecular formula is C36H59N3O3. The molecule has 0 radical (unpaired) electrons. The Morgan fingerprint density at radius 1 is 1.17 bits per heavy atom. The third-order valence-corrected chi connectivity index (χ3v) is 13.0. The van der Waals surface area contributed by atoms with Crippen LogP contribution in [0.5, 0.6) is 0 Å². The van der Waals surface area contributed by atoms with Crippen LogP contribution in [0.15, 0.2) is 22.8 Å². The fourth-order valence-corrected chi connectivity index (χ4v) is 11.0. The van der Waals surface area contributed by atoms with E-state index >= 15 is 0 Å². The van der Waals surface area contributed by atoms with E-state index in [2.05, 4.69) is 44.0 Å². The van der Waals surface area contributed by atoms with Gasteiger partial charge in [0.2, 0.25) is 5.91 Å². The molecule has 2 saturated heterocycles. The fraction of sp³-hybridized carbons (Fsp3) is 0.861. The maximum absolute atomic E-state index is 12.5. The Labute approximate surface area is 255 Å². The molecule has 1 amide bonds. The second-order valence-electron chi connectivity index (χ2n) is 15.5. The maximum Gasteiger partial charge on any atom is 0.220 e. The lowest BCUT2D eigenvalue weighted by molar-refractivity contribution is -0.170. The minimum atomic E-state index is -0.140. The van der Waals surface area contributed by atoms with Crippen molar-refractivity contribution in [3.05, 3.63) is 22.8 Å². The molecule has 0 aromatic heterocycles. The van der Waals surface area contributed by atoms with Crippen molar-refractivity contribution in [2.24, 2.45) is 46.7 Å². The summed E-state index contributed by atoms with van der Waals surface area (Å²) in [5.74, 6) is 4.03. The Morgan fingerprint density at radius 2 is 2.00 bits per heavy atom. The second kappa shape index (κ2) is 12.7. The minimum absolute atomic E-state index is 0.140. The number of piperidine rings is 1. The minimum Gasteiger partial charge on any atom is -0.393 e. The van der Waals surface area contributed by atoms with Gasteiger partial charge < -0.3 is 20.9 Å². The molecule has 0 aromatic carbocycles. The number of rotatable bonds is 8. The summed E-state index contributed by atoms with van der Waals surface area (Å²) in [5.41, 5.74) is 10.9. The van der Waals surface area contributed by atoms with Crippen LogP contribution in [0.1, 0.15) is 105 Å². The molecular weight excluding hydrogens is 522 g/mol. The summed E-state index contributed by atoms with van der Waals surface area (Å²) in [7, 11) is 0. The molecule has 2 saturated carbocycles. The van der Waals surface area contributed by atoms with Gasteiger partial charge in [-0.15, -0.1) is 0 Å². The van der Waals surface area contributed by atoms with E-state index in [-0.39, 0.29) is 17.4 Å². The zero-order chi connectivity index (χ0) is 29.6. The second-order valence-corrected chi connectivity index (χ2v) is 15.5. The monoisotopic (exact) mass is 581 g/mol. The average Bonchev–Trinajstić information content (AvgIpc) is 3.27. The van der Waals surface area contributed by atoms with Gasteiger partial charge in [0.05, 0.1) is 18.3 Å². The normalized spacial score (nSPS) is 43.3. The van der Waals surface area contributed by atoms with Crippen molar-refractivity contribution in [3.8, 4) is 0 Å². The summed E-state index contributed by atoms with van der Waals surface area (Å²) >= 11 is 0. The number of likely N-dealkylation sites (tertiary alicyclic amines) is 1. The number of nitrogens with two attached hydrogens (primary N) is 1. The molecule has 4 aliphatic carbocycles. The highest BCUT2D eigenvalue weighted by molar-refractivity contribution is 5.75. The number of aliphatic hydroxyl groups excluding tert-OH is 1. The van der Waals surface area contributed by atoms with Crippen molar-refractivity contribution in [1.82, 2.24) is 10.2 Å². The number of fused-ring (bicyclic) bond motifs is 7. The first-order valence-electron chi connectivity index (χ1n) is 17.6. The first-order chi connectivity index (χ1) is 20.2. The fourth-order valence-electron chi connectivity index (χ4n) is 11.0. The molecule has 1 unspecified atom stereocenters. The van der Waals surface area contributed by atoms with Crippen LogP contribution in [0.4, 0.5) is 0 Å². The van der Waals surface area contributed by atoms with Gasteiger partial charge >= 0.3 is 0 Å². The Morgan fingerprint density at radius 3 is 2.81 bits per heavy atom. The van der Waals surface area contributed by atoms with E-state index in [9.17, 15) is 9.90 Å². The van der Waals surface area contributed by atoms with Crippen molar-refractivity contribution < 1.29 is 14.6 Å². The van der Waals surface area contributed by atoms with Crippen LogP contribution >= 0.6 is 0 Å². The summed E-state index contributed by atoms with van der Waals surface area (Å²) < 4.78 is 7.12. The zero-order valence-electron chi connectivity index (χ0n) is 27.0. The summed E-state index contributed by atoms with van der Waals surface area (Å²) in [6, 6.07) is 0.422. The van der Waals surface area contributed by atoms with E-state index in [4.69, 9.17) is 10.5 Å². The number of hydrogen-bond acceptors (Lipinski definition) is 5. The standard InChI is InChI=1S/C36H59N3O3/c1-22-18-32-35(39(21-22)17-16-38-33(41)8-6-5-7-15-37)24(3)34-23(2)29-20-30-28(27(29)11-12-31(34)42-32)10-9-25-19-26(40)13-14-36(25,30)4/h9,22,24,26-28,30-32,34-35,40H,5-8,10-21,37H2,1-4H3,(H,38,41)/t22-,24-,26-,27-,28-,30-,31-,32+,34?,35-,36-/m0/s1. The Bertz CT molecular complexity index is 1060. The van der Waals surface area contributed by atoms with Crippen LogP contribution in [0.25, 0.3) is 0 Å². The van der Waals surface area contributed by atoms with Gasteiger partial charge in [-0.3, -0.25) is 9.69 Å². The molecule has 6 aliphatic rings. The number of allylic oxidation sites excluding steroid dienone is 2. The molecule has 0 spiro atoms. The van der Waals surface area contributed by atoms with Crippen LogP contribution < -0.4 is 11.1 Å². The van der Waals surface area contributed by atoms with E-state index in [1.54, 1.807) is 16.7 Å². The highest BCUT2D eigenvalue weighted by atomic mass is 16.5. The SMILES string of the molecule is CC1=C2C[C@H]3[C@@H](CC=C4C[C@@H](O)CC[C@@]43C)[C@@H]2CC[C@@H]2O[C@@H]3C[C@H](C)CN(CCNC(=O)CCCCCN)[C@H]3[C@@H](C)C12. The van der Waals surface area contributed by atoms with Crippen LogP contribution in [-0.2, 0) is 9.53 Å². The first kappa shape index (κ1) is 30.8.